The van der Waals surface area contributed by atoms with Crippen LogP contribution in [0.15, 0.2) is 12.2 Å². The fourth-order valence-electron chi connectivity index (χ4n) is 2.39. The first-order valence-corrected chi connectivity index (χ1v) is 5.15. The topological polar surface area (TPSA) is 20.2 Å². The standard InChI is InChI=1S/C11H18O/c1-8-7-10(8)11(12)9-5-3-2-4-6-9/h9-12H,1-7H2/t10-,11?/m1/s1. The smallest absolute Gasteiger partial charge is 0.0636 e. The molecule has 68 valence electrons. The molecule has 1 heteroatoms. The highest BCUT2D eigenvalue weighted by Gasteiger charge is 2.38. The molecule has 0 saturated heterocycles. The molecule has 1 nitrogen and oxygen atoms in total. The van der Waals surface area contributed by atoms with Crippen LogP contribution in [0.1, 0.15) is 38.5 Å². The first-order chi connectivity index (χ1) is 5.79. The number of aliphatic hydroxyl groups is 1. The van der Waals surface area contributed by atoms with Gasteiger partial charge in [-0.15, -0.1) is 0 Å². The summed E-state index contributed by atoms with van der Waals surface area (Å²) in [6.07, 6.45) is 7.52. The Morgan fingerprint density at radius 2 is 1.83 bits per heavy atom. The zero-order valence-electron chi connectivity index (χ0n) is 7.63. The molecule has 12 heavy (non-hydrogen) atoms. The van der Waals surface area contributed by atoms with E-state index in [9.17, 15) is 5.11 Å². The molecule has 0 aromatic rings. The van der Waals surface area contributed by atoms with Crippen LogP contribution in [0, 0.1) is 11.8 Å². The van der Waals surface area contributed by atoms with Crippen LogP contribution in [-0.4, -0.2) is 11.2 Å². The predicted octanol–water partition coefficient (Wildman–Crippen LogP) is 2.50. The van der Waals surface area contributed by atoms with Gasteiger partial charge in [0.05, 0.1) is 6.10 Å². The molecule has 0 spiro atoms. The molecule has 2 rings (SSSR count). The van der Waals surface area contributed by atoms with Crippen molar-refractivity contribution in [3.63, 3.8) is 0 Å². The van der Waals surface area contributed by atoms with E-state index in [4.69, 9.17) is 0 Å². The summed E-state index contributed by atoms with van der Waals surface area (Å²) in [5.74, 6) is 1.05. The summed E-state index contributed by atoms with van der Waals surface area (Å²) in [5.41, 5.74) is 1.27. The minimum absolute atomic E-state index is 0.0576. The van der Waals surface area contributed by atoms with Crippen molar-refractivity contribution in [2.45, 2.75) is 44.6 Å². The summed E-state index contributed by atoms with van der Waals surface area (Å²) in [5, 5.41) is 9.92. The lowest BCUT2D eigenvalue weighted by molar-refractivity contribution is 0.0697. The quantitative estimate of drug-likeness (QED) is 0.625. The maximum atomic E-state index is 9.92. The van der Waals surface area contributed by atoms with Crippen LogP contribution in [-0.2, 0) is 0 Å². The Morgan fingerprint density at radius 1 is 1.25 bits per heavy atom. The van der Waals surface area contributed by atoms with Crippen LogP contribution in [0.4, 0.5) is 0 Å². The zero-order valence-corrected chi connectivity index (χ0v) is 7.63. The predicted molar refractivity (Wildman–Crippen MR) is 49.8 cm³/mol. The monoisotopic (exact) mass is 166 g/mol. The molecule has 0 amide bonds. The Balaban J connectivity index is 1.85. The van der Waals surface area contributed by atoms with Gasteiger partial charge >= 0.3 is 0 Å². The lowest BCUT2D eigenvalue weighted by Crippen LogP contribution is -2.24. The van der Waals surface area contributed by atoms with Gasteiger partial charge in [-0.3, -0.25) is 0 Å². The fourth-order valence-corrected chi connectivity index (χ4v) is 2.39. The van der Waals surface area contributed by atoms with Gasteiger partial charge in [-0.1, -0.05) is 31.4 Å². The normalized spacial score (nSPS) is 33.4. The Kier molecular flexibility index (Phi) is 2.22. The molecule has 2 aliphatic carbocycles. The van der Waals surface area contributed by atoms with E-state index in [1.807, 2.05) is 0 Å². The van der Waals surface area contributed by atoms with Gasteiger partial charge in [0.15, 0.2) is 0 Å². The van der Waals surface area contributed by atoms with E-state index in [0.29, 0.717) is 11.8 Å². The molecule has 2 fully saturated rings. The Labute approximate surface area is 74.5 Å². The zero-order chi connectivity index (χ0) is 8.55. The molecule has 1 unspecified atom stereocenters. The molecule has 0 aliphatic heterocycles. The van der Waals surface area contributed by atoms with E-state index in [1.54, 1.807) is 0 Å². The maximum absolute atomic E-state index is 9.92. The summed E-state index contributed by atoms with van der Waals surface area (Å²) in [4.78, 5) is 0. The average molecular weight is 166 g/mol. The van der Waals surface area contributed by atoms with E-state index >= 15 is 0 Å². The fraction of sp³-hybridized carbons (Fsp3) is 0.818. The second-order valence-corrected chi connectivity index (χ2v) is 4.36. The molecule has 2 atom stereocenters. The summed E-state index contributed by atoms with van der Waals surface area (Å²) >= 11 is 0. The Bertz CT molecular complexity index is 179. The molecule has 0 bridgehead atoms. The molecule has 1 N–H and O–H groups in total. The molecule has 0 aromatic carbocycles. The molecule has 2 aliphatic rings. The number of hydrogen-bond acceptors (Lipinski definition) is 1. The maximum Gasteiger partial charge on any atom is 0.0636 e. The highest BCUT2D eigenvalue weighted by molar-refractivity contribution is 5.21. The minimum atomic E-state index is -0.0576. The van der Waals surface area contributed by atoms with Crippen LogP contribution in [0.3, 0.4) is 0 Å². The summed E-state index contributed by atoms with van der Waals surface area (Å²) in [6, 6.07) is 0. The highest BCUT2D eigenvalue weighted by atomic mass is 16.3. The van der Waals surface area contributed by atoms with Gasteiger partial charge in [0.2, 0.25) is 0 Å². The number of aliphatic hydroxyl groups excluding tert-OH is 1. The van der Waals surface area contributed by atoms with E-state index in [-0.39, 0.29) is 6.10 Å². The highest BCUT2D eigenvalue weighted by Crippen LogP contribution is 2.43. The third-order valence-corrected chi connectivity index (χ3v) is 3.39. The lowest BCUT2D eigenvalue weighted by Gasteiger charge is -2.26. The van der Waals surface area contributed by atoms with Crippen LogP contribution in [0.2, 0.25) is 0 Å². The third-order valence-electron chi connectivity index (χ3n) is 3.39. The van der Waals surface area contributed by atoms with Gasteiger partial charge < -0.3 is 5.11 Å². The van der Waals surface area contributed by atoms with Crippen LogP contribution < -0.4 is 0 Å². The van der Waals surface area contributed by atoms with Crippen LogP contribution in [0.5, 0.6) is 0 Å². The summed E-state index contributed by atoms with van der Waals surface area (Å²) in [7, 11) is 0. The van der Waals surface area contributed by atoms with Gasteiger partial charge in [0.25, 0.3) is 0 Å². The SMILES string of the molecule is C=C1C[C@H]1C(O)C1CCCCC1. The van der Waals surface area contributed by atoms with E-state index < -0.39 is 0 Å². The van der Waals surface area contributed by atoms with Gasteiger partial charge in [-0.2, -0.15) is 0 Å². The molecular formula is C11H18O. The van der Waals surface area contributed by atoms with Crippen molar-refractivity contribution in [2.75, 3.05) is 0 Å². The third kappa shape index (κ3) is 1.56. The van der Waals surface area contributed by atoms with Crippen molar-refractivity contribution in [3.8, 4) is 0 Å². The summed E-state index contributed by atoms with van der Waals surface area (Å²) < 4.78 is 0. The van der Waals surface area contributed by atoms with Crippen LogP contribution in [0.25, 0.3) is 0 Å². The van der Waals surface area contributed by atoms with E-state index in [1.165, 1.54) is 37.7 Å². The van der Waals surface area contributed by atoms with Crippen molar-refractivity contribution in [2.24, 2.45) is 11.8 Å². The largest absolute Gasteiger partial charge is 0.392 e. The minimum Gasteiger partial charge on any atom is -0.392 e. The van der Waals surface area contributed by atoms with Gasteiger partial charge in [-0.25, -0.2) is 0 Å². The molecule has 0 radical (unpaired) electrons. The number of hydrogen-bond donors (Lipinski definition) is 1. The summed E-state index contributed by atoms with van der Waals surface area (Å²) in [6.45, 7) is 3.90. The molecule has 0 heterocycles. The van der Waals surface area contributed by atoms with Gasteiger partial charge in [-0.05, 0) is 25.2 Å². The van der Waals surface area contributed by atoms with E-state index in [0.717, 1.165) is 6.42 Å². The average Bonchev–Trinajstić information content (AvgIpc) is 2.83. The van der Waals surface area contributed by atoms with Gasteiger partial charge in [0.1, 0.15) is 0 Å². The van der Waals surface area contributed by atoms with Crippen molar-refractivity contribution < 1.29 is 5.11 Å². The Morgan fingerprint density at radius 3 is 2.33 bits per heavy atom. The number of rotatable bonds is 2. The second-order valence-electron chi connectivity index (χ2n) is 4.36. The molecule has 2 saturated carbocycles. The first-order valence-electron chi connectivity index (χ1n) is 5.15. The van der Waals surface area contributed by atoms with Crippen molar-refractivity contribution >= 4 is 0 Å². The van der Waals surface area contributed by atoms with Crippen molar-refractivity contribution in [1.29, 1.82) is 0 Å². The van der Waals surface area contributed by atoms with E-state index in [2.05, 4.69) is 6.58 Å². The molecule has 0 aromatic heterocycles. The van der Waals surface area contributed by atoms with Crippen LogP contribution >= 0.6 is 0 Å². The molecular weight excluding hydrogens is 148 g/mol. The van der Waals surface area contributed by atoms with Crippen molar-refractivity contribution in [1.82, 2.24) is 0 Å². The van der Waals surface area contributed by atoms with Gasteiger partial charge in [0, 0.05) is 5.92 Å². The Hall–Kier alpha value is -0.300. The lowest BCUT2D eigenvalue weighted by atomic mass is 9.83. The van der Waals surface area contributed by atoms with Crippen molar-refractivity contribution in [3.05, 3.63) is 12.2 Å². The first kappa shape index (κ1) is 8.31. The second kappa shape index (κ2) is 3.21.